The summed E-state index contributed by atoms with van der Waals surface area (Å²) in [5.74, 6) is 0. The third-order valence-corrected chi connectivity index (χ3v) is 2.64. The van der Waals surface area contributed by atoms with Gasteiger partial charge in [0.2, 0.25) is 0 Å². The summed E-state index contributed by atoms with van der Waals surface area (Å²) in [4.78, 5) is 0. The summed E-state index contributed by atoms with van der Waals surface area (Å²) < 4.78 is 0. The first-order valence-corrected chi connectivity index (χ1v) is 5.12. The van der Waals surface area contributed by atoms with E-state index >= 15 is 0 Å². The van der Waals surface area contributed by atoms with Gasteiger partial charge >= 0.3 is 0 Å². The van der Waals surface area contributed by atoms with E-state index in [0.29, 0.717) is 10.8 Å². The van der Waals surface area contributed by atoms with Crippen LogP contribution < -0.4 is 5.32 Å². The van der Waals surface area contributed by atoms with E-state index in [1.165, 1.54) is 32.4 Å². The minimum Gasteiger partial charge on any atom is -0.316 e. The second kappa shape index (κ2) is 3.37. The molecule has 1 heterocycles. The molecule has 1 unspecified atom stereocenters. The Morgan fingerprint density at radius 3 is 2.42 bits per heavy atom. The van der Waals surface area contributed by atoms with Gasteiger partial charge in [-0.05, 0) is 36.6 Å². The van der Waals surface area contributed by atoms with Crippen molar-refractivity contribution in [3.8, 4) is 0 Å². The van der Waals surface area contributed by atoms with Gasteiger partial charge < -0.3 is 5.32 Å². The lowest BCUT2D eigenvalue weighted by Crippen LogP contribution is -2.40. The quantitative estimate of drug-likeness (QED) is 0.636. The smallest absolute Gasteiger partial charge is 0.000537 e. The molecular weight excluding hydrogens is 146 g/mol. The van der Waals surface area contributed by atoms with E-state index in [9.17, 15) is 0 Å². The molecular formula is C11H23N. The first-order chi connectivity index (χ1) is 5.41. The second-order valence-electron chi connectivity index (χ2n) is 5.83. The van der Waals surface area contributed by atoms with Crippen LogP contribution in [0, 0.1) is 10.8 Å². The van der Waals surface area contributed by atoms with Gasteiger partial charge in [-0.25, -0.2) is 0 Å². The lowest BCUT2D eigenvalue weighted by Gasteiger charge is -2.39. The van der Waals surface area contributed by atoms with E-state index in [0.717, 1.165) is 0 Å². The molecule has 0 aliphatic carbocycles. The van der Waals surface area contributed by atoms with E-state index in [2.05, 4.69) is 33.0 Å². The molecule has 72 valence electrons. The molecule has 12 heavy (non-hydrogen) atoms. The highest BCUT2D eigenvalue weighted by Gasteiger charge is 2.31. The SMILES string of the molecule is CC(C)(C)CC1(C)CCCNC1. The van der Waals surface area contributed by atoms with Crippen LogP contribution in [0.25, 0.3) is 0 Å². The molecule has 0 amide bonds. The Morgan fingerprint density at radius 2 is 2.00 bits per heavy atom. The number of hydrogen-bond acceptors (Lipinski definition) is 1. The minimum atomic E-state index is 0.480. The third-order valence-electron chi connectivity index (χ3n) is 2.64. The fourth-order valence-electron chi connectivity index (χ4n) is 2.55. The molecule has 1 heteroatoms. The largest absolute Gasteiger partial charge is 0.316 e. The van der Waals surface area contributed by atoms with Crippen molar-refractivity contribution < 1.29 is 0 Å². The molecule has 0 saturated carbocycles. The average Bonchev–Trinajstić information content (AvgIpc) is 1.83. The lowest BCUT2D eigenvalue weighted by atomic mass is 9.71. The fraction of sp³-hybridized carbons (Fsp3) is 1.00. The van der Waals surface area contributed by atoms with Crippen molar-refractivity contribution >= 4 is 0 Å². The Balaban J connectivity index is 2.47. The highest BCUT2D eigenvalue weighted by Crippen LogP contribution is 2.37. The highest BCUT2D eigenvalue weighted by molar-refractivity contribution is 4.85. The topological polar surface area (TPSA) is 12.0 Å². The molecule has 1 aliphatic heterocycles. The van der Waals surface area contributed by atoms with Gasteiger partial charge in [0.15, 0.2) is 0 Å². The van der Waals surface area contributed by atoms with Crippen LogP contribution in [0.15, 0.2) is 0 Å². The molecule has 1 nitrogen and oxygen atoms in total. The van der Waals surface area contributed by atoms with E-state index in [-0.39, 0.29) is 0 Å². The first kappa shape index (κ1) is 10.0. The molecule has 1 N–H and O–H groups in total. The Hall–Kier alpha value is -0.0400. The third kappa shape index (κ3) is 3.14. The van der Waals surface area contributed by atoms with Crippen molar-refractivity contribution in [3.63, 3.8) is 0 Å². The maximum absolute atomic E-state index is 3.50. The zero-order valence-electron chi connectivity index (χ0n) is 9.04. The number of hydrogen-bond donors (Lipinski definition) is 1. The van der Waals surface area contributed by atoms with Gasteiger partial charge in [-0.15, -0.1) is 0 Å². The Kier molecular flexibility index (Phi) is 2.82. The Labute approximate surface area is 76.9 Å². The number of rotatable bonds is 1. The molecule has 1 atom stereocenters. The molecule has 1 aliphatic rings. The lowest BCUT2D eigenvalue weighted by molar-refractivity contribution is 0.149. The van der Waals surface area contributed by atoms with Crippen molar-refractivity contribution in [2.24, 2.45) is 10.8 Å². The van der Waals surface area contributed by atoms with Crippen molar-refractivity contribution in [2.75, 3.05) is 13.1 Å². The average molecular weight is 169 g/mol. The monoisotopic (exact) mass is 169 g/mol. The highest BCUT2D eigenvalue weighted by atomic mass is 14.9. The van der Waals surface area contributed by atoms with Crippen LogP contribution in [0.4, 0.5) is 0 Å². The van der Waals surface area contributed by atoms with Crippen LogP contribution in [-0.2, 0) is 0 Å². The number of nitrogens with one attached hydrogen (secondary N) is 1. The summed E-state index contributed by atoms with van der Waals surface area (Å²) in [6.07, 6.45) is 4.09. The summed E-state index contributed by atoms with van der Waals surface area (Å²) in [5.41, 5.74) is 1.03. The summed E-state index contributed by atoms with van der Waals surface area (Å²) in [7, 11) is 0. The van der Waals surface area contributed by atoms with Crippen LogP contribution in [0.3, 0.4) is 0 Å². The van der Waals surface area contributed by atoms with Gasteiger partial charge in [0.05, 0.1) is 0 Å². The van der Waals surface area contributed by atoms with E-state index in [1.807, 2.05) is 0 Å². The van der Waals surface area contributed by atoms with Crippen molar-refractivity contribution in [2.45, 2.75) is 47.0 Å². The van der Waals surface area contributed by atoms with Crippen molar-refractivity contribution in [1.29, 1.82) is 0 Å². The zero-order chi connectivity index (χ0) is 9.24. The van der Waals surface area contributed by atoms with E-state index in [1.54, 1.807) is 0 Å². The summed E-state index contributed by atoms with van der Waals surface area (Å²) in [6, 6.07) is 0. The predicted octanol–water partition coefficient (Wildman–Crippen LogP) is 2.81. The molecule has 0 aromatic carbocycles. The predicted molar refractivity (Wildman–Crippen MR) is 54.3 cm³/mol. The molecule has 0 aromatic rings. The Morgan fingerprint density at radius 1 is 1.33 bits per heavy atom. The number of piperidine rings is 1. The maximum atomic E-state index is 3.50. The zero-order valence-corrected chi connectivity index (χ0v) is 9.04. The normalized spacial score (nSPS) is 32.0. The van der Waals surface area contributed by atoms with Gasteiger partial charge in [-0.1, -0.05) is 27.7 Å². The molecule has 1 rings (SSSR count). The molecule has 0 bridgehead atoms. The molecule has 0 aromatic heterocycles. The standard InChI is InChI=1S/C11H23N/c1-10(2,3)8-11(4)6-5-7-12-9-11/h12H,5-9H2,1-4H3. The summed E-state index contributed by atoms with van der Waals surface area (Å²) >= 11 is 0. The van der Waals surface area contributed by atoms with E-state index < -0.39 is 0 Å². The van der Waals surface area contributed by atoms with Gasteiger partial charge in [0.1, 0.15) is 0 Å². The van der Waals surface area contributed by atoms with Crippen molar-refractivity contribution in [3.05, 3.63) is 0 Å². The molecule has 1 fully saturated rings. The minimum absolute atomic E-state index is 0.480. The van der Waals surface area contributed by atoms with Gasteiger partial charge in [-0.2, -0.15) is 0 Å². The maximum Gasteiger partial charge on any atom is 0.000537 e. The van der Waals surface area contributed by atoms with Crippen LogP contribution in [0.2, 0.25) is 0 Å². The van der Waals surface area contributed by atoms with E-state index in [4.69, 9.17) is 0 Å². The second-order valence-corrected chi connectivity index (χ2v) is 5.83. The summed E-state index contributed by atoms with van der Waals surface area (Å²) in [6.45, 7) is 11.9. The molecule has 1 saturated heterocycles. The van der Waals surface area contributed by atoms with Gasteiger partial charge in [-0.3, -0.25) is 0 Å². The van der Waals surface area contributed by atoms with Crippen molar-refractivity contribution in [1.82, 2.24) is 5.32 Å². The van der Waals surface area contributed by atoms with Crippen LogP contribution in [-0.4, -0.2) is 13.1 Å². The van der Waals surface area contributed by atoms with Crippen LogP contribution in [0.1, 0.15) is 47.0 Å². The van der Waals surface area contributed by atoms with Gasteiger partial charge in [0.25, 0.3) is 0 Å². The fourth-order valence-corrected chi connectivity index (χ4v) is 2.55. The Bertz CT molecular complexity index is 138. The van der Waals surface area contributed by atoms with Crippen LogP contribution in [0.5, 0.6) is 0 Å². The van der Waals surface area contributed by atoms with Gasteiger partial charge in [0, 0.05) is 6.54 Å². The van der Waals surface area contributed by atoms with Crippen LogP contribution >= 0.6 is 0 Å². The molecule has 0 spiro atoms. The molecule has 0 radical (unpaired) electrons. The summed E-state index contributed by atoms with van der Waals surface area (Å²) in [5, 5.41) is 3.50. The first-order valence-electron chi connectivity index (χ1n) is 5.12.